The largest absolute Gasteiger partial charge is 1.00 e. The first-order valence-electron chi connectivity index (χ1n) is 8.40. The average Bonchev–Trinajstić information content (AvgIpc) is 2.38. The minimum Gasteiger partial charge on any atom is -1.00 e. The van der Waals surface area contributed by atoms with E-state index in [4.69, 9.17) is 0 Å². The van der Waals surface area contributed by atoms with Gasteiger partial charge in [-0.25, -0.2) is 0 Å². The molecule has 0 rings (SSSR count). The van der Waals surface area contributed by atoms with Crippen LogP contribution < -0.4 is 12.4 Å². The summed E-state index contributed by atoms with van der Waals surface area (Å²) in [6.07, 6.45) is 19.9. The maximum atomic E-state index is 2.48. The first-order chi connectivity index (χ1) is 8.81. The molecular weight excluding hydrogens is 272 g/mol. The summed E-state index contributed by atoms with van der Waals surface area (Å²) in [5.41, 5.74) is 0. The molecule has 0 aliphatic rings. The molecule has 0 fully saturated rings. The number of halogens is 1. The van der Waals surface area contributed by atoms with Crippen molar-refractivity contribution in [2.24, 2.45) is 0 Å². The Morgan fingerprint density at radius 1 is 0.526 bits per heavy atom. The van der Waals surface area contributed by atoms with Crippen LogP contribution in [-0.2, 0) is 10.9 Å². The molecule has 0 aromatic rings. The van der Waals surface area contributed by atoms with E-state index in [1.165, 1.54) is 88.6 Å². The van der Waals surface area contributed by atoms with Gasteiger partial charge in [0.25, 0.3) is 0 Å². The summed E-state index contributed by atoms with van der Waals surface area (Å²) in [6, 6.07) is 0. The van der Waals surface area contributed by atoms with Crippen molar-refractivity contribution in [2.75, 3.05) is 17.8 Å². The van der Waals surface area contributed by atoms with Gasteiger partial charge in [-0.1, -0.05) is 65.2 Å². The van der Waals surface area contributed by atoms with Gasteiger partial charge >= 0.3 is 0 Å². The smallest absolute Gasteiger partial charge is 0.107 e. The van der Waals surface area contributed by atoms with E-state index in [0.717, 1.165) is 0 Å². The van der Waals surface area contributed by atoms with Gasteiger partial charge in [0.15, 0.2) is 0 Å². The predicted molar refractivity (Wildman–Crippen MR) is 89.8 cm³/mol. The lowest BCUT2D eigenvalue weighted by molar-refractivity contribution is -0.00000415. The Bertz CT molecular complexity index is 134. The van der Waals surface area contributed by atoms with Gasteiger partial charge in [-0.3, -0.25) is 0 Å². The van der Waals surface area contributed by atoms with Gasteiger partial charge in [0.1, 0.15) is 11.5 Å². The fourth-order valence-corrected chi connectivity index (χ4v) is 3.96. The molecule has 0 heterocycles. The third-order valence-electron chi connectivity index (χ3n) is 3.69. The van der Waals surface area contributed by atoms with Crippen molar-refractivity contribution in [3.8, 4) is 0 Å². The van der Waals surface area contributed by atoms with E-state index in [1.54, 1.807) is 0 Å². The maximum Gasteiger partial charge on any atom is 0.107 e. The van der Waals surface area contributed by atoms with Crippen molar-refractivity contribution in [1.82, 2.24) is 0 Å². The van der Waals surface area contributed by atoms with Crippen molar-refractivity contribution < 1.29 is 12.4 Å². The van der Waals surface area contributed by atoms with E-state index < -0.39 is 0 Å². The van der Waals surface area contributed by atoms with Crippen LogP contribution in [-0.4, -0.2) is 17.8 Å². The lowest BCUT2D eigenvalue weighted by Crippen LogP contribution is -3.00. The molecule has 0 N–H and O–H groups in total. The summed E-state index contributed by atoms with van der Waals surface area (Å²) in [5.74, 6) is 3.00. The lowest BCUT2D eigenvalue weighted by atomic mass is 10.1. The van der Waals surface area contributed by atoms with Gasteiger partial charge < -0.3 is 12.4 Å². The fraction of sp³-hybridized carbons (Fsp3) is 1.00. The van der Waals surface area contributed by atoms with E-state index in [-0.39, 0.29) is 12.4 Å². The summed E-state index contributed by atoms with van der Waals surface area (Å²) < 4.78 is 0. The maximum absolute atomic E-state index is 2.48. The highest BCUT2D eigenvalue weighted by Gasteiger charge is 2.09. The van der Waals surface area contributed by atoms with Gasteiger partial charge in [-0.15, -0.1) is 0 Å². The van der Waals surface area contributed by atoms with Crippen LogP contribution in [0.2, 0.25) is 0 Å². The molecule has 118 valence electrons. The first-order valence-corrected chi connectivity index (χ1v) is 10.4. The van der Waals surface area contributed by atoms with E-state index in [1.807, 2.05) is 0 Å². The van der Waals surface area contributed by atoms with Gasteiger partial charge in [0.05, 0.1) is 6.26 Å². The van der Waals surface area contributed by atoms with Gasteiger partial charge in [-0.05, 0) is 36.6 Å². The minimum absolute atomic E-state index is 0. The Balaban J connectivity index is 0. The first kappa shape index (κ1) is 21.9. The van der Waals surface area contributed by atoms with E-state index in [0.29, 0.717) is 10.9 Å². The monoisotopic (exact) mass is 308 g/mol. The molecule has 0 nitrogen and oxygen atoms in total. The molecule has 0 amide bonds. The molecule has 2 heteroatoms. The van der Waals surface area contributed by atoms with Crippen molar-refractivity contribution in [3.05, 3.63) is 0 Å². The molecule has 0 aliphatic carbocycles. The number of unbranched alkanes of at least 4 members (excludes halogenated alkanes) is 10. The zero-order valence-electron chi connectivity index (χ0n) is 13.7. The van der Waals surface area contributed by atoms with Crippen molar-refractivity contribution >= 4 is 10.9 Å². The van der Waals surface area contributed by atoms with Crippen LogP contribution in [0.5, 0.6) is 0 Å². The fourth-order valence-electron chi connectivity index (χ4n) is 2.36. The quantitative estimate of drug-likeness (QED) is 0.342. The van der Waals surface area contributed by atoms with E-state index >= 15 is 0 Å². The van der Waals surface area contributed by atoms with Crippen LogP contribution in [0.15, 0.2) is 0 Å². The molecular formula is C17H37ClS. The normalized spacial score (nSPS) is 10.7. The van der Waals surface area contributed by atoms with Crippen LogP contribution in [0.1, 0.15) is 90.9 Å². The Morgan fingerprint density at radius 3 is 1.21 bits per heavy atom. The van der Waals surface area contributed by atoms with Crippen molar-refractivity contribution in [2.45, 2.75) is 90.9 Å². The van der Waals surface area contributed by atoms with Crippen LogP contribution in [0.4, 0.5) is 0 Å². The van der Waals surface area contributed by atoms with Gasteiger partial charge in [0, 0.05) is 0 Å². The van der Waals surface area contributed by atoms with Gasteiger partial charge in [-0.2, -0.15) is 0 Å². The van der Waals surface area contributed by atoms with Crippen LogP contribution in [0.25, 0.3) is 0 Å². The third-order valence-corrected chi connectivity index (χ3v) is 5.66. The Hall–Kier alpha value is 0.640. The van der Waals surface area contributed by atoms with E-state index in [9.17, 15) is 0 Å². The second kappa shape index (κ2) is 18.6. The highest BCUT2D eigenvalue weighted by atomic mass is 35.5. The molecule has 19 heavy (non-hydrogen) atoms. The number of hydrogen-bond donors (Lipinski definition) is 0. The molecule has 0 saturated carbocycles. The Kier molecular flexibility index (Phi) is 21.5. The summed E-state index contributed by atoms with van der Waals surface area (Å²) in [6.45, 7) is 4.59. The lowest BCUT2D eigenvalue weighted by Gasteiger charge is -2.04. The highest BCUT2D eigenvalue weighted by Crippen LogP contribution is 2.10. The zero-order valence-corrected chi connectivity index (χ0v) is 15.3. The molecule has 0 radical (unpaired) electrons. The van der Waals surface area contributed by atoms with Crippen molar-refractivity contribution in [1.29, 1.82) is 0 Å². The molecule has 0 bridgehead atoms. The van der Waals surface area contributed by atoms with Crippen molar-refractivity contribution in [3.63, 3.8) is 0 Å². The van der Waals surface area contributed by atoms with Crippen LogP contribution >= 0.6 is 0 Å². The summed E-state index contributed by atoms with van der Waals surface area (Å²) in [7, 11) is 0.716. The van der Waals surface area contributed by atoms with Crippen LogP contribution in [0.3, 0.4) is 0 Å². The topological polar surface area (TPSA) is 0 Å². The minimum atomic E-state index is 0. The Morgan fingerprint density at radius 2 is 0.842 bits per heavy atom. The zero-order chi connectivity index (χ0) is 13.5. The molecule has 0 aromatic heterocycles. The summed E-state index contributed by atoms with van der Waals surface area (Å²) in [4.78, 5) is 0. The Labute approximate surface area is 132 Å². The SMILES string of the molecule is CCCCCCCC[S+](C)CCCCCCCC.[Cl-]. The second-order valence-electron chi connectivity index (χ2n) is 5.73. The molecule has 0 aromatic carbocycles. The average molecular weight is 309 g/mol. The third kappa shape index (κ3) is 18.6. The van der Waals surface area contributed by atoms with Gasteiger partial charge in [0.2, 0.25) is 0 Å². The standard InChI is InChI=1S/C17H37S.ClH/c1-4-6-8-10-12-14-16-18(3)17-15-13-11-9-7-5-2;/h4-17H2,1-3H3;1H/q+1;/p-1. The highest BCUT2D eigenvalue weighted by molar-refractivity contribution is 7.96. The molecule has 0 atom stereocenters. The molecule has 0 unspecified atom stereocenters. The number of hydrogen-bond acceptors (Lipinski definition) is 0. The molecule has 0 aliphatic heterocycles. The second-order valence-corrected chi connectivity index (χ2v) is 8.10. The predicted octanol–water partition coefficient (Wildman–Crippen LogP) is 2.96. The molecule has 0 spiro atoms. The van der Waals surface area contributed by atoms with E-state index in [2.05, 4.69) is 20.1 Å². The molecule has 0 saturated heterocycles. The van der Waals surface area contributed by atoms with Crippen LogP contribution in [0, 0.1) is 0 Å². The summed E-state index contributed by atoms with van der Waals surface area (Å²) >= 11 is 0. The summed E-state index contributed by atoms with van der Waals surface area (Å²) in [5, 5.41) is 0. The number of rotatable bonds is 14.